The summed E-state index contributed by atoms with van der Waals surface area (Å²) in [6.45, 7) is 8.55. The van der Waals surface area contributed by atoms with Crippen molar-refractivity contribution in [3.63, 3.8) is 0 Å². The molecule has 2 rings (SSSR count). The molecule has 7 heteroatoms. The molecule has 152 valence electrons. The minimum atomic E-state index is -1.82. The van der Waals surface area contributed by atoms with Gasteiger partial charge >= 0.3 is 11.9 Å². The Morgan fingerprint density at radius 1 is 0.963 bits per heavy atom. The third-order valence-corrected chi connectivity index (χ3v) is 3.96. The molecule has 27 heavy (non-hydrogen) atoms. The second-order valence-electron chi connectivity index (χ2n) is 6.71. The standard InChI is InChI=1S/C18H29NO2.C2H2O4/c1-16(2)21-18-10-8-17(9-11-18)20-15-7-14-19-12-5-3-4-6-13-19;3-1(4)2(5)6/h8-11,16H,3-7,12-15H2,1-2H3;(H,3,4)(H,5,6). The van der Waals surface area contributed by atoms with E-state index >= 15 is 0 Å². The maximum Gasteiger partial charge on any atom is 0.414 e. The van der Waals surface area contributed by atoms with Gasteiger partial charge in [0.15, 0.2) is 0 Å². The number of carbonyl (C=O) groups is 2. The van der Waals surface area contributed by atoms with E-state index in [4.69, 9.17) is 29.3 Å². The van der Waals surface area contributed by atoms with Crippen molar-refractivity contribution in [1.29, 1.82) is 0 Å². The molecule has 1 fully saturated rings. The Bertz CT molecular complexity index is 538. The summed E-state index contributed by atoms with van der Waals surface area (Å²) >= 11 is 0. The van der Waals surface area contributed by atoms with Gasteiger partial charge in [-0.3, -0.25) is 0 Å². The van der Waals surface area contributed by atoms with E-state index in [-0.39, 0.29) is 6.10 Å². The van der Waals surface area contributed by atoms with Crippen molar-refractivity contribution >= 4 is 11.9 Å². The van der Waals surface area contributed by atoms with Crippen LogP contribution in [0.25, 0.3) is 0 Å². The summed E-state index contributed by atoms with van der Waals surface area (Å²) in [4.78, 5) is 20.8. The average Bonchev–Trinajstić information content (AvgIpc) is 2.89. The predicted molar refractivity (Wildman–Crippen MR) is 102 cm³/mol. The molecule has 0 radical (unpaired) electrons. The van der Waals surface area contributed by atoms with Crippen LogP contribution in [0.4, 0.5) is 0 Å². The van der Waals surface area contributed by atoms with Crippen LogP contribution in [-0.4, -0.2) is 59.4 Å². The van der Waals surface area contributed by atoms with E-state index in [1.807, 2.05) is 38.1 Å². The molecule has 0 aliphatic carbocycles. The van der Waals surface area contributed by atoms with E-state index in [1.54, 1.807) is 0 Å². The van der Waals surface area contributed by atoms with Crippen molar-refractivity contribution in [2.45, 2.75) is 52.1 Å². The predicted octanol–water partition coefficient (Wildman–Crippen LogP) is 3.27. The van der Waals surface area contributed by atoms with Crippen molar-refractivity contribution in [2.75, 3.05) is 26.2 Å². The monoisotopic (exact) mass is 381 g/mol. The van der Waals surface area contributed by atoms with Crippen LogP contribution in [0, 0.1) is 0 Å². The molecule has 1 aliphatic rings. The highest BCUT2D eigenvalue weighted by Crippen LogP contribution is 2.18. The number of hydrogen-bond acceptors (Lipinski definition) is 5. The molecule has 0 bridgehead atoms. The van der Waals surface area contributed by atoms with Crippen LogP contribution in [0.3, 0.4) is 0 Å². The van der Waals surface area contributed by atoms with Gasteiger partial charge in [0.25, 0.3) is 0 Å². The zero-order valence-corrected chi connectivity index (χ0v) is 16.2. The lowest BCUT2D eigenvalue weighted by Crippen LogP contribution is -2.26. The molecule has 7 nitrogen and oxygen atoms in total. The van der Waals surface area contributed by atoms with Crippen LogP contribution in [0.15, 0.2) is 24.3 Å². The van der Waals surface area contributed by atoms with Gasteiger partial charge in [-0.05, 0) is 70.5 Å². The van der Waals surface area contributed by atoms with Gasteiger partial charge in [0.2, 0.25) is 0 Å². The third-order valence-electron chi connectivity index (χ3n) is 3.96. The fraction of sp³-hybridized carbons (Fsp3) is 0.600. The Hall–Kier alpha value is -2.28. The molecule has 0 saturated carbocycles. The van der Waals surface area contributed by atoms with Crippen LogP contribution in [-0.2, 0) is 9.59 Å². The van der Waals surface area contributed by atoms with Crippen LogP contribution in [0.2, 0.25) is 0 Å². The lowest BCUT2D eigenvalue weighted by molar-refractivity contribution is -0.159. The van der Waals surface area contributed by atoms with Crippen LogP contribution < -0.4 is 9.47 Å². The second-order valence-corrected chi connectivity index (χ2v) is 6.71. The smallest absolute Gasteiger partial charge is 0.414 e. The average molecular weight is 381 g/mol. The molecular weight excluding hydrogens is 350 g/mol. The largest absolute Gasteiger partial charge is 0.494 e. The summed E-state index contributed by atoms with van der Waals surface area (Å²) in [5, 5.41) is 14.8. The van der Waals surface area contributed by atoms with E-state index in [0.29, 0.717) is 0 Å². The molecule has 1 aliphatic heterocycles. The number of ether oxygens (including phenoxy) is 2. The number of likely N-dealkylation sites (tertiary alicyclic amines) is 1. The topological polar surface area (TPSA) is 96.3 Å². The minimum Gasteiger partial charge on any atom is -0.494 e. The number of hydrogen-bond donors (Lipinski definition) is 2. The first-order valence-electron chi connectivity index (χ1n) is 9.46. The van der Waals surface area contributed by atoms with Crippen LogP contribution >= 0.6 is 0 Å². The number of aliphatic carboxylic acids is 2. The molecular formula is C20H31NO6. The number of benzene rings is 1. The molecule has 2 N–H and O–H groups in total. The summed E-state index contributed by atoms with van der Waals surface area (Å²) in [5.74, 6) is -1.81. The summed E-state index contributed by atoms with van der Waals surface area (Å²) < 4.78 is 11.4. The van der Waals surface area contributed by atoms with E-state index in [9.17, 15) is 0 Å². The van der Waals surface area contributed by atoms with Gasteiger partial charge < -0.3 is 24.6 Å². The lowest BCUT2D eigenvalue weighted by Gasteiger charge is -2.19. The quantitative estimate of drug-likeness (QED) is 0.553. The molecule has 1 aromatic rings. The van der Waals surface area contributed by atoms with Gasteiger partial charge in [0, 0.05) is 6.54 Å². The molecule has 0 spiro atoms. The number of nitrogens with zero attached hydrogens (tertiary/aromatic N) is 1. The Labute approximate surface area is 160 Å². The van der Waals surface area contributed by atoms with Crippen LogP contribution in [0.1, 0.15) is 46.0 Å². The third kappa shape index (κ3) is 11.1. The van der Waals surface area contributed by atoms with Gasteiger partial charge in [-0.1, -0.05) is 12.8 Å². The van der Waals surface area contributed by atoms with E-state index < -0.39 is 11.9 Å². The summed E-state index contributed by atoms with van der Waals surface area (Å²) in [6, 6.07) is 7.93. The SMILES string of the molecule is CC(C)Oc1ccc(OCCCN2CCCCCC2)cc1.O=C(O)C(=O)O. The number of rotatable bonds is 7. The van der Waals surface area contributed by atoms with E-state index in [0.717, 1.165) is 31.1 Å². The molecule has 0 unspecified atom stereocenters. The Morgan fingerprint density at radius 3 is 1.96 bits per heavy atom. The maximum absolute atomic E-state index is 9.10. The minimum absolute atomic E-state index is 0.213. The number of carboxylic acid groups (broad SMARTS) is 2. The summed E-state index contributed by atoms with van der Waals surface area (Å²) in [7, 11) is 0. The normalized spacial score (nSPS) is 14.6. The van der Waals surface area contributed by atoms with Crippen molar-refractivity contribution < 1.29 is 29.3 Å². The Kier molecular flexibility index (Phi) is 10.9. The summed E-state index contributed by atoms with van der Waals surface area (Å²) in [5.41, 5.74) is 0. The molecule has 1 aromatic carbocycles. The highest BCUT2D eigenvalue weighted by molar-refractivity contribution is 6.27. The fourth-order valence-corrected chi connectivity index (χ4v) is 2.72. The first kappa shape index (κ1) is 22.8. The first-order chi connectivity index (χ1) is 12.9. The van der Waals surface area contributed by atoms with Crippen molar-refractivity contribution in [3.05, 3.63) is 24.3 Å². The molecule has 1 heterocycles. The Balaban J connectivity index is 0.000000527. The number of carboxylic acids is 2. The Morgan fingerprint density at radius 2 is 1.48 bits per heavy atom. The van der Waals surface area contributed by atoms with Crippen molar-refractivity contribution in [3.8, 4) is 11.5 Å². The fourth-order valence-electron chi connectivity index (χ4n) is 2.72. The van der Waals surface area contributed by atoms with Crippen LogP contribution in [0.5, 0.6) is 11.5 Å². The zero-order valence-electron chi connectivity index (χ0n) is 16.2. The van der Waals surface area contributed by atoms with Gasteiger partial charge in [0.05, 0.1) is 12.7 Å². The van der Waals surface area contributed by atoms with Gasteiger partial charge in [-0.25, -0.2) is 9.59 Å². The van der Waals surface area contributed by atoms with E-state index in [1.165, 1.54) is 38.8 Å². The molecule has 0 atom stereocenters. The maximum atomic E-state index is 9.10. The highest BCUT2D eigenvalue weighted by Gasteiger charge is 2.08. The highest BCUT2D eigenvalue weighted by atomic mass is 16.5. The zero-order chi connectivity index (χ0) is 20.1. The second kappa shape index (κ2) is 13.0. The van der Waals surface area contributed by atoms with Crippen molar-refractivity contribution in [1.82, 2.24) is 4.90 Å². The van der Waals surface area contributed by atoms with Gasteiger partial charge in [-0.2, -0.15) is 0 Å². The first-order valence-corrected chi connectivity index (χ1v) is 9.46. The van der Waals surface area contributed by atoms with Gasteiger partial charge in [-0.15, -0.1) is 0 Å². The summed E-state index contributed by atoms with van der Waals surface area (Å²) in [6.07, 6.45) is 6.83. The van der Waals surface area contributed by atoms with Gasteiger partial charge in [0.1, 0.15) is 11.5 Å². The molecule has 1 saturated heterocycles. The lowest BCUT2D eigenvalue weighted by atomic mass is 10.2. The molecule has 0 aromatic heterocycles. The molecule has 0 amide bonds. The van der Waals surface area contributed by atoms with E-state index in [2.05, 4.69) is 4.90 Å². The van der Waals surface area contributed by atoms with Crippen molar-refractivity contribution in [2.24, 2.45) is 0 Å².